The summed E-state index contributed by atoms with van der Waals surface area (Å²) in [6.45, 7) is 5.71. The van der Waals surface area contributed by atoms with Crippen LogP contribution >= 0.6 is 23.2 Å². The predicted molar refractivity (Wildman–Crippen MR) is 80.0 cm³/mol. The second kappa shape index (κ2) is 8.04. The monoisotopic (exact) mass is 288 g/mol. The van der Waals surface area contributed by atoms with Crippen LogP contribution in [-0.2, 0) is 10.2 Å². The van der Waals surface area contributed by atoms with Gasteiger partial charge in [0, 0.05) is 30.4 Å². The van der Waals surface area contributed by atoms with Gasteiger partial charge in [-0.15, -0.1) is 23.2 Å². The minimum atomic E-state index is -0.178. The van der Waals surface area contributed by atoms with Gasteiger partial charge in [0.05, 0.1) is 0 Å². The molecule has 1 nitrogen and oxygen atoms in total. The maximum Gasteiger partial charge on any atom is 0.0475 e. The van der Waals surface area contributed by atoms with Gasteiger partial charge >= 0.3 is 0 Å². The minimum absolute atomic E-state index is 0.178. The molecule has 1 rings (SSSR count). The molecule has 0 bridgehead atoms. The SMILES string of the molecule is CCCOCCC(CCl)(CCl)c1cccc(C)c1. The average molecular weight is 289 g/mol. The fourth-order valence-corrected chi connectivity index (χ4v) is 2.82. The number of halogens is 2. The largest absolute Gasteiger partial charge is 0.381 e. The molecule has 0 saturated carbocycles. The van der Waals surface area contributed by atoms with E-state index >= 15 is 0 Å². The lowest BCUT2D eigenvalue weighted by molar-refractivity contribution is 0.119. The van der Waals surface area contributed by atoms with E-state index in [9.17, 15) is 0 Å². The highest BCUT2D eigenvalue weighted by molar-refractivity contribution is 6.22. The first-order valence-electron chi connectivity index (χ1n) is 6.45. The van der Waals surface area contributed by atoms with E-state index in [1.807, 2.05) is 0 Å². The average Bonchev–Trinajstić information content (AvgIpc) is 2.40. The summed E-state index contributed by atoms with van der Waals surface area (Å²) >= 11 is 12.4. The minimum Gasteiger partial charge on any atom is -0.381 e. The zero-order valence-electron chi connectivity index (χ0n) is 11.2. The van der Waals surface area contributed by atoms with Gasteiger partial charge < -0.3 is 4.74 Å². The van der Waals surface area contributed by atoms with Crippen molar-refractivity contribution in [2.24, 2.45) is 0 Å². The molecule has 0 amide bonds. The summed E-state index contributed by atoms with van der Waals surface area (Å²) in [7, 11) is 0. The number of hydrogen-bond acceptors (Lipinski definition) is 1. The Morgan fingerprint density at radius 2 is 1.89 bits per heavy atom. The van der Waals surface area contributed by atoms with E-state index in [2.05, 4.69) is 38.1 Å². The van der Waals surface area contributed by atoms with Crippen LogP contribution in [0, 0.1) is 6.92 Å². The molecule has 102 valence electrons. The third-order valence-electron chi connectivity index (χ3n) is 3.22. The first-order valence-corrected chi connectivity index (χ1v) is 7.52. The summed E-state index contributed by atoms with van der Waals surface area (Å²) in [5, 5.41) is 0. The third kappa shape index (κ3) is 4.15. The number of aryl methyl sites for hydroxylation is 1. The lowest BCUT2D eigenvalue weighted by Gasteiger charge is -2.30. The van der Waals surface area contributed by atoms with Crippen molar-refractivity contribution >= 4 is 23.2 Å². The zero-order valence-corrected chi connectivity index (χ0v) is 12.7. The second-order valence-electron chi connectivity index (χ2n) is 4.78. The van der Waals surface area contributed by atoms with Crippen molar-refractivity contribution in [1.82, 2.24) is 0 Å². The number of benzene rings is 1. The van der Waals surface area contributed by atoms with Gasteiger partial charge in [-0.1, -0.05) is 36.8 Å². The molecule has 0 aromatic heterocycles. The van der Waals surface area contributed by atoms with Gasteiger partial charge in [0.25, 0.3) is 0 Å². The highest BCUT2D eigenvalue weighted by Crippen LogP contribution is 2.31. The first kappa shape index (κ1) is 15.8. The van der Waals surface area contributed by atoms with Crippen LogP contribution in [0.3, 0.4) is 0 Å². The lowest BCUT2D eigenvalue weighted by Crippen LogP contribution is -2.32. The van der Waals surface area contributed by atoms with Gasteiger partial charge in [0.2, 0.25) is 0 Å². The van der Waals surface area contributed by atoms with E-state index in [1.54, 1.807) is 0 Å². The molecule has 0 heterocycles. The van der Waals surface area contributed by atoms with Crippen molar-refractivity contribution in [1.29, 1.82) is 0 Å². The van der Waals surface area contributed by atoms with E-state index in [0.717, 1.165) is 19.4 Å². The van der Waals surface area contributed by atoms with Crippen molar-refractivity contribution in [3.8, 4) is 0 Å². The molecule has 0 aliphatic rings. The van der Waals surface area contributed by atoms with Crippen LogP contribution in [0.1, 0.15) is 30.9 Å². The molecule has 0 saturated heterocycles. The molecule has 0 atom stereocenters. The fraction of sp³-hybridized carbons (Fsp3) is 0.600. The second-order valence-corrected chi connectivity index (χ2v) is 5.31. The molecule has 0 unspecified atom stereocenters. The van der Waals surface area contributed by atoms with Gasteiger partial charge in [-0.3, -0.25) is 0 Å². The van der Waals surface area contributed by atoms with Crippen LogP contribution in [-0.4, -0.2) is 25.0 Å². The fourth-order valence-electron chi connectivity index (χ4n) is 1.96. The van der Waals surface area contributed by atoms with Gasteiger partial charge in [0.15, 0.2) is 0 Å². The van der Waals surface area contributed by atoms with Gasteiger partial charge in [-0.25, -0.2) is 0 Å². The Morgan fingerprint density at radius 3 is 2.44 bits per heavy atom. The van der Waals surface area contributed by atoms with E-state index in [-0.39, 0.29) is 5.41 Å². The highest BCUT2D eigenvalue weighted by atomic mass is 35.5. The van der Waals surface area contributed by atoms with Crippen LogP contribution in [0.4, 0.5) is 0 Å². The van der Waals surface area contributed by atoms with E-state index in [4.69, 9.17) is 27.9 Å². The summed E-state index contributed by atoms with van der Waals surface area (Å²) in [6.07, 6.45) is 1.91. The molecular weight excluding hydrogens is 267 g/mol. The standard InChI is InChI=1S/C15H22Cl2O/c1-3-8-18-9-7-15(11-16,12-17)14-6-4-5-13(2)10-14/h4-6,10H,3,7-9,11-12H2,1-2H3. The van der Waals surface area contributed by atoms with Crippen molar-refractivity contribution in [3.05, 3.63) is 35.4 Å². The van der Waals surface area contributed by atoms with E-state index in [1.165, 1.54) is 11.1 Å². The molecule has 0 radical (unpaired) electrons. The number of rotatable bonds is 8. The molecule has 0 aliphatic carbocycles. The van der Waals surface area contributed by atoms with Crippen molar-refractivity contribution in [2.75, 3.05) is 25.0 Å². The topological polar surface area (TPSA) is 9.23 Å². The Hall–Kier alpha value is -0.240. The maximum atomic E-state index is 6.18. The molecule has 0 aliphatic heterocycles. The molecule has 1 aromatic rings. The Bertz CT molecular complexity index is 348. The van der Waals surface area contributed by atoms with Crippen LogP contribution in [0.5, 0.6) is 0 Å². The number of ether oxygens (including phenoxy) is 1. The third-order valence-corrected chi connectivity index (χ3v) is 4.24. The zero-order chi connectivity index (χ0) is 13.4. The summed E-state index contributed by atoms with van der Waals surface area (Å²) < 4.78 is 5.58. The van der Waals surface area contributed by atoms with Gasteiger partial charge in [0.1, 0.15) is 0 Å². The Labute approximate surface area is 120 Å². The van der Waals surface area contributed by atoms with Gasteiger partial charge in [-0.05, 0) is 25.3 Å². The first-order chi connectivity index (χ1) is 8.68. The van der Waals surface area contributed by atoms with Gasteiger partial charge in [-0.2, -0.15) is 0 Å². The Kier molecular flexibility index (Phi) is 7.06. The van der Waals surface area contributed by atoms with Crippen LogP contribution in [0.2, 0.25) is 0 Å². The number of hydrogen-bond donors (Lipinski definition) is 0. The quantitative estimate of drug-likeness (QED) is 0.505. The predicted octanol–water partition coefficient (Wildman–Crippen LogP) is 4.53. The Balaban J connectivity index is 2.79. The molecular formula is C15H22Cl2O. The van der Waals surface area contributed by atoms with Crippen molar-refractivity contribution in [3.63, 3.8) is 0 Å². The molecule has 0 N–H and O–H groups in total. The molecule has 3 heteroatoms. The molecule has 0 spiro atoms. The van der Waals surface area contributed by atoms with Crippen LogP contribution in [0.25, 0.3) is 0 Å². The van der Waals surface area contributed by atoms with Crippen LogP contribution < -0.4 is 0 Å². The van der Waals surface area contributed by atoms with E-state index in [0.29, 0.717) is 18.4 Å². The number of alkyl halides is 2. The molecule has 0 fully saturated rings. The van der Waals surface area contributed by atoms with E-state index < -0.39 is 0 Å². The summed E-state index contributed by atoms with van der Waals surface area (Å²) in [5.74, 6) is 1.05. The maximum absolute atomic E-state index is 6.18. The van der Waals surface area contributed by atoms with Crippen molar-refractivity contribution < 1.29 is 4.74 Å². The summed E-state index contributed by atoms with van der Waals surface area (Å²) in [6, 6.07) is 8.43. The summed E-state index contributed by atoms with van der Waals surface area (Å²) in [5.41, 5.74) is 2.28. The van der Waals surface area contributed by atoms with Crippen molar-refractivity contribution in [2.45, 2.75) is 32.1 Å². The summed E-state index contributed by atoms with van der Waals surface area (Å²) in [4.78, 5) is 0. The smallest absolute Gasteiger partial charge is 0.0475 e. The Morgan fingerprint density at radius 1 is 1.17 bits per heavy atom. The lowest BCUT2D eigenvalue weighted by atomic mass is 9.81. The molecule has 18 heavy (non-hydrogen) atoms. The van der Waals surface area contributed by atoms with Crippen LogP contribution in [0.15, 0.2) is 24.3 Å². The molecule has 1 aromatic carbocycles. The normalized spacial score (nSPS) is 11.8. The highest BCUT2D eigenvalue weighted by Gasteiger charge is 2.30.